The van der Waals surface area contributed by atoms with E-state index >= 15 is 0 Å². The molecule has 26 heavy (non-hydrogen) atoms. The number of amides is 1. The number of rotatable bonds is 5. The fourth-order valence-corrected chi connectivity index (χ4v) is 2.88. The van der Waals surface area contributed by atoms with E-state index < -0.39 is 0 Å². The van der Waals surface area contributed by atoms with Crippen molar-refractivity contribution in [2.45, 2.75) is 13.0 Å². The molecule has 6 nitrogen and oxygen atoms in total. The first kappa shape index (κ1) is 16.0. The molecule has 0 aliphatic carbocycles. The Balaban J connectivity index is 1.38. The van der Waals surface area contributed by atoms with Crippen LogP contribution in [0.3, 0.4) is 0 Å². The van der Waals surface area contributed by atoms with Crippen molar-refractivity contribution in [3.05, 3.63) is 72.3 Å². The second kappa shape index (κ2) is 7.14. The molecular weight excluding hydrogens is 326 g/mol. The van der Waals surface area contributed by atoms with Gasteiger partial charge < -0.3 is 0 Å². The Bertz CT molecular complexity index is 1090. The zero-order valence-corrected chi connectivity index (χ0v) is 14.0. The van der Waals surface area contributed by atoms with Gasteiger partial charge >= 0.3 is 0 Å². The molecule has 0 bridgehead atoms. The molecule has 0 atom stereocenters. The summed E-state index contributed by atoms with van der Waals surface area (Å²) in [6, 6.07) is 21.7. The van der Waals surface area contributed by atoms with E-state index in [1.807, 2.05) is 66.7 Å². The first-order valence-electron chi connectivity index (χ1n) is 8.39. The van der Waals surface area contributed by atoms with Gasteiger partial charge in [-0.25, -0.2) is 10.1 Å². The number of aromatic nitrogens is 3. The predicted molar refractivity (Wildman–Crippen MR) is 102 cm³/mol. The molecule has 0 saturated heterocycles. The van der Waals surface area contributed by atoms with Crippen molar-refractivity contribution in [1.29, 1.82) is 0 Å². The summed E-state index contributed by atoms with van der Waals surface area (Å²) < 4.78 is 1.73. The molecule has 0 radical (unpaired) electrons. The highest BCUT2D eigenvalue weighted by molar-refractivity contribution is 5.99. The van der Waals surface area contributed by atoms with Crippen LogP contribution in [-0.2, 0) is 11.3 Å². The quantitative estimate of drug-likeness (QED) is 0.447. The van der Waals surface area contributed by atoms with Gasteiger partial charge in [-0.1, -0.05) is 59.8 Å². The van der Waals surface area contributed by atoms with Gasteiger partial charge in [0.1, 0.15) is 5.52 Å². The Labute approximate surface area is 150 Å². The van der Waals surface area contributed by atoms with Crippen molar-refractivity contribution >= 4 is 33.9 Å². The third-order valence-corrected chi connectivity index (χ3v) is 4.19. The van der Waals surface area contributed by atoms with Crippen molar-refractivity contribution in [2.24, 2.45) is 5.10 Å². The molecule has 4 rings (SSSR count). The molecule has 0 saturated carbocycles. The number of fused-ring (bicyclic) bond motifs is 2. The molecule has 1 heterocycles. The SMILES string of the molecule is O=C(CCn1nnc2ccccc21)N/N=C\c1cccc2ccccc12. The number of hydrogen-bond acceptors (Lipinski definition) is 4. The van der Waals surface area contributed by atoms with E-state index in [1.165, 1.54) is 0 Å². The predicted octanol–water partition coefficient (Wildman–Crippen LogP) is 3.12. The normalized spacial score (nSPS) is 11.4. The van der Waals surface area contributed by atoms with Gasteiger partial charge in [-0.2, -0.15) is 5.10 Å². The summed E-state index contributed by atoms with van der Waals surface area (Å²) >= 11 is 0. The molecule has 0 spiro atoms. The van der Waals surface area contributed by atoms with E-state index in [0.717, 1.165) is 27.4 Å². The molecule has 6 heteroatoms. The van der Waals surface area contributed by atoms with Crippen LogP contribution in [0.1, 0.15) is 12.0 Å². The lowest BCUT2D eigenvalue weighted by molar-refractivity contribution is -0.121. The van der Waals surface area contributed by atoms with Crippen LogP contribution >= 0.6 is 0 Å². The van der Waals surface area contributed by atoms with Crippen LogP contribution in [0.15, 0.2) is 71.8 Å². The first-order chi connectivity index (χ1) is 12.8. The molecule has 128 valence electrons. The monoisotopic (exact) mass is 343 g/mol. The number of para-hydroxylation sites is 1. The van der Waals surface area contributed by atoms with Crippen molar-refractivity contribution in [1.82, 2.24) is 20.4 Å². The Kier molecular flexibility index (Phi) is 4.38. The fraction of sp³-hybridized carbons (Fsp3) is 0.100. The average Bonchev–Trinajstić information content (AvgIpc) is 3.10. The smallest absolute Gasteiger partial charge is 0.241 e. The molecule has 1 aromatic heterocycles. The number of carbonyl (C=O) groups excluding carboxylic acids is 1. The highest BCUT2D eigenvalue weighted by Gasteiger charge is 2.06. The highest BCUT2D eigenvalue weighted by atomic mass is 16.2. The summed E-state index contributed by atoms with van der Waals surface area (Å²) in [6.07, 6.45) is 1.95. The topological polar surface area (TPSA) is 72.2 Å². The Morgan fingerprint density at radius 2 is 1.85 bits per heavy atom. The number of hydrogen-bond donors (Lipinski definition) is 1. The molecule has 0 aliphatic heterocycles. The molecule has 0 fully saturated rings. The molecule has 1 amide bonds. The van der Waals surface area contributed by atoms with Crippen LogP contribution in [-0.4, -0.2) is 27.1 Å². The number of nitrogens with zero attached hydrogens (tertiary/aromatic N) is 4. The van der Waals surface area contributed by atoms with Gasteiger partial charge in [0.2, 0.25) is 5.91 Å². The van der Waals surface area contributed by atoms with Crippen molar-refractivity contribution in [3.8, 4) is 0 Å². The largest absolute Gasteiger partial charge is 0.273 e. The molecule has 3 aromatic carbocycles. The van der Waals surface area contributed by atoms with Crippen LogP contribution in [0.2, 0.25) is 0 Å². The second-order valence-corrected chi connectivity index (χ2v) is 5.91. The van der Waals surface area contributed by atoms with E-state index in [9.17, 15) is 4.79 Å². The van der Waals surface area contributed by atoms with Crippen molar-refractivity contribution in [2.75, 3.05) is 0 Å². The van der Waals surface area contributed by atoms with Gasteiger partial charge in [0, 0.05) is 12.0 Å². The number of hydrazone groups is 1. The molecule has 4 aromatic rings. The average molecular weight is 343 g/mol. The Hall–Kier alpha value is -3.54. The zero-order valence-electron chi connectivity index (χ0n) is 14.0. The number of nitrogens with one attached hydrogen (secondary N) is 1. The lowest BCUT2D eigenvalue weighted by Gasteiger charge is -2.03. The zero-order chi connectivity index (χ0) is 17.8. The molecule has 1 N–H and O–H groups in total. The minimum Gasteiger partial charge on any atom is -0.273 e. The maximum absolute atomic E-state index is 12.0. The summed E-state index contributed by atoms with van der Waals surface area (Å²) in [6.45, 7) is 0.454. The van der Waals surface area contributed by atoms with Crippen molar-refractivity contribution in [3.63, 3.8) is 0 Å². The van der Waals surface area contributed by atoms with E-state index in [2.05, 4.69) is 20.8 Å². The van der Waals surface area contributed by atoms with Crippen LogP contribution in [0.5, 0.6) is 0 Å². The molecule has 0 aliphatic rings. The number of benzene rings is 3. The Morgan fingerprint density at radius 3 is 2.81 bits per heavy atom. The van der Waals surface area contributed by atoms with Gasteiger partial charge in [0.25, 0.3) is 0 Å². The van der Waals surface area contributed by atoms with Gasteiger partial charge in [-0.3, -0.25) is 4.79 Å². The minimum atomic E-state index is -0.166. The van der Waals surface area contributed by atoms with Crippen LogP contribution in [0, 0.1) is 0 Å². The summed E-state index contributed by atoms with van der Waals surface area (Å²) in [5, 5.41) is 14.5. The number of carbonyl (C=O) groups is 1. The van der Waals surface area contributed by atoms with Gasteiger partial charge in [-0.05, 0) is 22.9 Å². The lowest BCUT2D eigenvalue weighted by Crippen LogP contribution is -2.19. The lowest BCUT2D eigenvalue weighted by atomic mass is 10.1. The standard InChI is InChI=1S/C20H17N5O/c26-20(12-13-25-19-11-4-3-10-18(19)22-24-25)23-21-14-16-8-5-7-15-6-1-2-9-17(15)16/h1-11,14H,12-13H2,(H,23,26)/b21-14-. The van der Waals surface area contributed by atoms with Gasteiger partial charge in [0.15, 0.2) is 0 Å². The number of aryl methyl sites for hydroxylation is 1. The summed E-state index contributed by atoms with van der Waals surface area (Å²) in [5.41, 5.74) is 5.28. The summed E-state index contributed by atoms with van der Waals surface area (Å²) in [5.74, 6) is -0.166. The van der Waals surface area contributed by atoms with Crippen LogP contribution in [0.25, 0.3) is 21.8 Å². The van der Waals surface area contributed by atoms with E-state index in [-0.39, 0.29) is 12.3 Å². The van der Waals surface area contributed by atoms with E-state index in [1.54, 1.807) is 10.9 Å². The van der Waals surface area contributed by atoms with Crippen LogP contribution < -0.4 is 5.43 Å². The van der Waals surface area contributed by atoms with Gasteiger partial charge in [-0.15, -0.1) is 5.10 Å². The molecular formula is C20H17N5O. The third kappa shape index (κ3) is 3.30. The summed E-state index contributed by atoms with van der Waals surface area (Å²) in [7, 11) is 0. The molecule has 0 unspecified atom stereocenters. The third-order valence-electron chi connectivity index (χ3n) is 4.19. The Morgan fingerprint density at radius 1 is 1.04 bits per heavy atom. The summed E-state index contributed by atoms with van der Waals surface area (Å²) in [4.78, 5) is 12.0. The fourth-order valence-electron chi connectivity index (χ4n) is 2.88. The maximum Gasteiger partial charge on any atom is 0.241 e. The van der Waals surface area contributed by atoms with Gasteiger partial charge in [0.05, 0.1) is 18.3 Å². The maximum atomic E-state index is 12.0. The van der Waals surface area contributed by atoms with Crippen molar-refractivity contribution < 1.29 is 4.79 Å². The first-order valence-corrected chi connectivity index (χ1v) is 8.39. The van der Waals surface area contributed by atoms with Crippen LogP contribution in [0.4, 0.5) is 0 Å². The highest BCUT2D eigenvalue weighted by Crippen LogP contribution is 2.16. The van der Waals surface area contributed by atoms with E-state index in [4.69, 9.17) is 0 Å². The van der Waals surface area contributed by atoms with E-state index in [0.29, 0.717) is 6.54 Å². The second-order valence-electron chi connectivity index (χ2n) is 5.91. The minimum absolute atomic E-state index is 0.166.